The van der Waals surface area contributed by atoms with E-state index in [2.05, 4.69) is 35.6 Å². The van der Waals surface area contributed by atoms with Crippen molar-refractivity contribution in [1.29, 1.82) is 0 Å². The van der Waals surface area contributed by atoms with Gasteiger partial charge in [-0.25, -0.2) is 0 Å². The lowest BCUT2D eigenvalue weighted by Gasteiger charge is -2.02. The minimum Gasteiger partial charge on any atom is -0.380 e. The van der Waals surface area contributed by atoms with E-state index in [9.17, 15) is 0 Å². The van der Waals surface area contributed by atoms with Crippen molar-refractivity contribution in [1.82, 2.24) is 5.32 Å². The Labute approximate surface area is 100 Å². The Hall–Kier alpha value is -0.900. The van der Waals surface area contributed by atoms with Crippen molar-refractivity contribution in [2.24, 2.45) is 0 Å². The Kier molecular flexibility index (Phi) is 4.34. The van der Waals surface area contributed by atoms with Gasteiger partial charge in [0.15, 0.2) is 0 Å². The molecule has 1 aromatic carbocycles. The molecule has 0 spiro atoms. The van der Waals surface area contributed by atoms with Crippen LogP contribution in [0.25, 0.3) is 10.1 Å². The van der Waals surface area contributed by atoms with E-state index in [1.54, 1.807) is 0 Å². The normalized spacial score (nSPS) is 11.1. The van der Waals surface area contributed by atoms with Gasteiger partial charge in [0.2, 0.25) is 0 Å². The second kappa shape index (κ2) is 5.99. The number of rotatable bonds is 6. The fraction of sp³-hybridized carbons (Fsp3) is 0.385. The molecule has 0 aliphatic carbocycles. The summed E-state index contributed by atoms with van der Waals surface area (Å²) in [6, 6.07) is 10.8. The lowest BCUT2D eigenvalue weighted by Crippen LogP contribution is -2.18. The largest absolute Gasteiger partial charge is 0.380 e. The number of ether oxygens (including phenoxy) is 1. The SMILES string of the molecule is CCOCCNCc1cc2ccccc2s1. The van der Waals surface area contributed by atoms with Crippen LogP contribution in [0.3, 0.4) is 0 Å². The van der Waals surface area contributed by atoms with E-state index in [1.807, 2.05) is 18.3 Å². The van der Waals surface area contributed by atoms with Crippen molar-refractivity contribution < 1.29 is 4.74 Å². The van der Waals surface area contributed by atoms with Crippen LogP contribution in [0.15, 0.2) is 30.3 Å². The molecule has 0 fully saturated rings. The third kappa shape index (κ3) is 3.04. The van der Waals surface area contributed by atoms with Gasteiger partial charge in [0.25, 0.3) is 0 Å². The van der Waals surface area contributed by atoms with Gasteiger partial charge >= 0.3 is 0 Å². The first kappa shape index (κ1) is 11.6. The molecule has 86 valence electrons. The molecule has 0 aliphatic rings. The molecule has 3 heteroatoms. The van der Waals surface area contributed by atoms with Crippen molar-refractivity contribution in [2.45, 2.75) is 13.5 Å². The summed E-state index contributed by atoms with van der Waals surface area (Å²) in [6.07, 6.45) is 0. The van der Waals surface area contributed by atoms with E-state index in [0.717, 1.165) is 26.3 Å². The van der Waals surface area contributed by atoms with Gasteiger partial charge in [-0.15, -0.1) is 11.3 Å². The van der Waals surface area contributed by atoms with E-state index in [0.29, 0.717) is 0 Å². The summed E-state index contributed by atoms with van der Waals surface area (Å²) in [5.74, 6) is 0. The van der Waals surface area contributed by atoms with Crippen LogP contribution in [0.5, 0.6) is 0 Å². The molecule has 0 atom stereocenters. The highest BCUT2D eigenvalue weighted by molar-refractivity contribution is 7.19. The number of nitrogens with one attached hydrogen (secondary N) is 1. The van der Waals surface area contributed by atoms with Crippen molar-refractivity contribution in [3.63, 3.8) is 0 Å². The molecule has 0 aliphatic heterocycles. The fourth-order valence-electron chi connectivity index (χ4n) is 1.62. The molecule has 1 aromatic heterocycles. The minimum atomic E-state index is 0.793. The van der Waals surface area contributed by atoms with E-state index in [-0.39, 0.29) is 0 Å². The second-order valence-electron chi connectivity index (χ2n) is 3.62. The third-order valence-corrected chi connectivity index (χ3v) is 3.52. The summed E-state index contributed by atoms with van der Waals surface area (Å²) < 4.78 is 6.64. The molecule has 1 N–H and O–H groups in total. The van der Waals surface area contributed by atoms with Crippen molar-refractivity contribution in [3.05, 3.63) is 35.2 Å². The molecule has 2 aromatic rings. The quantitative estimate of drug-likeness (QED) is 0.777. The molecule has 0 radical (unpaired) electrons. The van der Waals surface area contributed by atoms with Crippen LogP contribution in [-0.2, 0) is 11.3 Å². The Morgan fingerprint density at radius 2 is 2.19 bits per heavy atom. The molecule has 2 rings (SSSR count). The molecule has 0 saturated heterocycles. The maximum Gasteiger partial charge on any atom is 0.0590 e. The van der Waals surface area contributed by atoms with Gasteiger partial charge in [0.1, 0.15) is 0 Å². The number of thiophene rings is 1. The predicted molar refractivity (Wildman–Crippen MR) is 70.0 cm³/mol. The minimum absolute atomic E-state index is 0.793. The summed E-state index contributed by atoms with van der Waals surface area (Å²) in [5.41, 5.74) is 0. The van der Waals surface area contributed by atoms with Gasteiger partial charge in [-0.2, -0.15) is 0 Å². The number of hydrogen-bond acceptors (Lipinski definition) is 3. The Balaban J connectivity index is 1.85. The van der Waals surface area contributed by atoms with Gasteiger partial charge in [0, 0.05) is 29.3 Å². The Bertz CT molecular complexity index is 405. The van der Waals surface area contributed by atoms with E-state index < -0.39 is 0 Å². The molecule has 16 heavy (non-hydrogen) atoms. The molecule has 2 nitrogen and oxygen atoms in total. The average Bonchev–Trinajstić information content (AvgIpc) is 2.71. The van der Waals surface area contributed by atoms with Crippen molar-refractivity contribution in [3.8, 4) is 0 Å². The zero-order valence-corrected chi connectivity index (χ0v) is 10.3. The molecular formula is C13H17NOS. The smallest absolute Gasteiger partial charge is 0.0590 e. The maximum absolute atomic E-state index is 5.27. The summed E-state index contributed by atoms with van der Waals surface area (Å²) >= 11 is 1.86. The highest BCUT2D eigenvalue weighted by Crippen LogP contribution is 2.24. The van der Waals surface area contributed by atoms with Gasteiger partial charge in [-0.05, 0) is 24.4 Å². The van der Waals surface area contributed by atoms with Crippen LogP contribution in [0.1, 0.15) is 11.8 Å². The first-order valence-corrected chi connectivity index (χ1v) is 6.47. The van der Waals surface area contributed by atoms with Crippen molar-refractivity contribution >= 4 is 21.4 Å². The average molecular weight is 235 g/mol. The molecule has 0 bridgehead atoms. The van der Waals surface area contributed by atoms with Crippen LogP contribution in [0.4, 0.5) is 0 Å². The van der Waals surface area contributed by atoms with Crippen LogP contribution in [0.2, 0.25) is 0 Å². The molecule has 0 amide bonds. The molecule has 0 unspecified atom stereocenters. The topological polar surface area (TPSA) is 21.3 Å². The molecule has 1 heterocycles. The lowest BCUT2D eigenvalue weighted by molar-refractivity contribution is 0.149. The van der Waals surface area contributed by atoms with E-state index in [1.165, 1.54) is 15.0 Å². The van der Waals surface area contributed by atoms with Gasteiger partial charge in [0.05, 0.1) is 6.61 Å². The van der Waals surface area contributed by atoms with Crippen LogP contribution < -0.4 is 5.32 Å². The van der Waals surface area contributed by atoms with Gasteiger partial charge in [-0.1, -0.05) is 18.2 Å². The number of fused-ring (bicyclic) bond motifs is 1. The number of benzene rings is 1. The highest BCUT2D eigenvalue weighted by Gasteiger charge is 1.99. The standard InChI is InChI=1S/C13H17NOS/c1-2-15-8-7-14-10-12-9-11-5-3-4-6-13(11)16-12/h3-6,9,14H,2,7-8,10H2,1H3. The van der Waals surface area contributed by atoms with E-state index >= 15 is 0 Å². The fourth-order valence-corrected chi connectivity index (χ4v) is 2.66. The zero-order chi connectivity index (χ0) is 11.2. The van der Waals surface area contributed by atoms with Gasteiger partial charge in [-0.3, -0.25) is 0 Å². The van der Waals surface area contributed by atoms with Gasteiger partial charge < -0.3 is 10.1 Å². The number of hydrogen-bond donors (Lipinski definition) is 1. The first-order chi connectivity index (χ1) is 7.90. The first-order valence-electron chi connectivity index (χ1n) is 5.66. The van der Waals surface area contributed by atoms with Crippen LogP contribution >= 0.6 is 11.3 Å². The van der Waals surface area contributed by atoms with E-state index in [4.69, 9.17) is 4.74 Å². The highest BCUT2D eigenvalue weighted by atomic mass is 32.1. The second-order valence-corrected chi connectivity index (χ2v) is 4.79. The summed E-state index contributed by atoms with van der Waals surface area (Å²) in [5, 5.41) is 4.72. The Morgan fingerprint density at radius 3 is 3.00 bits per heavy atom. The summed E-state index contributed by atoms with van der Waals surface area (Å²) in [6.45, 7) is 5.46. The Morgan fingerprint density at radius 1 is 1.31 bits per heavy atom. The summed E-state index contributed by atoms with van der Waals surface area (Å²) in [7, 11) is 0. The summed E-state index contributed by atoms with van der Waals surface area (Å²) in [4.78, 5) is 1.39. The van der Waals surface area contributed by atoms with Crippen LogP contribution in [-0.4, -0.2) is 19.8 Å². The monoisotopic (exact) mass is 235 g/mol. The third-order valence-electron chi connectivity index (χ3n) is 2.40. The van der Waals surface area contributed by atoms with Crippen molar-refractivity contribution in [2.75, 3.05) is 19.8 Å². The van der Waals surface area contributed by atoms with Crippen LogP contribution in [0, 0.1) is 0 Å². The molecule has 0 saturated carbocycles. The zero-order valence-electron chi connectivity index (χ0n) is 9.53. The maximum atomic E-state index is 5.27. The molecular weight excluding hydrogens is 218 g/mol. The lowest BCUT2D eigenvalue weighted by atomic mass is 10.2. The predicted octanol–water partition coefficient (Wildman–Crippen LogP) is 3.03.